The quantitative estimate of drug-likeness (QED) is 0.440. The van der Waals surface area contributed by atoms with Crippen LogP contribution in [0.5, 0.6) is 5.19 Å². The molecule has 4 rings (SSSR count). The van der Waals surface area contributed by atoms with E-state index in [1.165, 1.54) is 17.7 Å². The summed E-state index contributed by atoms with van der Waals surface area (Å²) in [4.78, 5) is 19.3. The number of amides is 1. The van der Waals surface area contributed by atoms with Crippen LogP contribution in [0.25, 0.3) is 10.2 Å². The molecule has 1 aliphatic heterocycles. The predicted molar refractivity (Wildman–Crippen MR) is 132 cm³/mol. The number of halogens is 1. The summed E-state index contributed by atoms with van der Waals surface area (Å²) >= 11 is 7.40. The first-order valence-electron chi connectivity index (χ1n) is 11.0. The van der Waals surface area contributed by atoms with Crippen molar-refractivity contribution in [1.29, 1.82) is 0 Å². The van der Waals surface area contributed by atoms with Crippen molar-refractivity contribution in [2.24, 2.45) is 0 Å². The van der Waals surface area contributed by atoms with Crippen molar-refractivity contribution in [2.75, 3.05) is 18.8 Å². The highest BCUT2D eigenvalue weighted by Gasteiger charge is 2.25. The van der Waals surface area contributed by atoms with Crippen LogP contribution in [-0.4, -0.2) is 49.2 Å². The van der Waals surface area contributed by atoms with Crippen LogP contribution in [0.3, 0.4) is 0 Å². The second-order valence-corrected chi connectivity index (χ2v) is 11.9. The number of aromatic nitrogens is 1. The highest BCUT2D eigenvalue weighted by molar-refractivity contribution is 7.91. The van der Waals surface area contributed by atoms with Gasteiger partial charge in [0, 0.05) is 37.4 Å². The summed E-state index contributed by atoms with van der Waals surface area (Å²) in [5.41, 5.74) is 3.33. The van der Waals surface area contributed by atoms with Crippen molar-refractivity contribution < 1.29 is 17.9 Å². The van der Waals surface area contributed by atoms with E-state index in [0.29, 0.717) is 29.7 Å². The molecular formula is C24H27ClN2O4S2. The minimum absolute atomic E-state index is 0.00834. The van der Waals surface area contributed by atoms with Gasteiger partial charge in [-0.25, -0.2) is 13.4 Å². The van der Waals surface area contributed by atoms with Crippen molar-refractivity contribution in [2.45, 2.75) is 50.5 Å². The normalized spacial score (nSPS) is 15.2. The zero-order valence-corrected chi connectivity index (χ0v) is 21.1. The number of carbonyl (C=O) groups is 1. The number of hydrogen-bond acceptors (Lipinski definition) is 6. The number of rotatable bonds is 7. The lowest BCUT2D eigenvalue weighted by molar-refractivity contribution is -0.133. The summed E-state index contributed by atoms with van der Waals surface area (Å²) in [6, 6.07) is 10.3. The number of sulfone groups is 1. The number of aryl methyl sites for hydroxylation is 2. The van der Waals surface area contributed by atoms with E-state index in [2.05, 4.69) is 31.0 Å². The van der Waals surface area contributed by atoms with Crippen LogP contribution in [0, 0.1) is 13.8 Å². The van der Waals surface area contributed by atoms with Gasteiger partial charge >= 0.3 is 0 Å². The monoisotopic (exact) mass is 506 g/mol. The number of likely N-dealkylation sites (tertiary alicyclic amines) is 1. The Hall–Kier alpha value is -2.16. The molecule has 1 amide bonds. The third kappa shape index (κ3) is 5.67. The fourth-order valence-corrected chi connectivity index (χ4v) is 6.45. The Balaban J connectivity index is 1.25. The minimum Gasteiger partial charge on any atom is -0.467 e. The number of thiazole rings is 1. The molecule has 1 aromatic heterocycles. The van der Waals surface area contributed by atoms with Crippen LogP contribution in [-0.2, 0) is 14.6 Å². The fourth-order valence-electron chi connectivity index (χ4n) is 3.99. The van der Waals surface area contributed by atoms with Gasteiger partial charge in [0.1, 0.15) is 6.10 Å². The summed E-state index contributed by atoms with van der Waals surface area (Å²) in [6.07, 6.45) is 2.02. The molecule has 33 heavy (non-hydrogen) atoms. The van der Waals surface area contributed by atoms with Gasteiger partial charge in [-0.2, -0.15) is 0 Å². The van der Waals surface area contributed by atoms with Gasteiger partial charge in [0.2, 0.25) is 5.91 Å². The summed E-state index contributed by atoms with van der Waals surface area (Å²) < 4.78 is 32.2. The maximum atomic E-state index is 12.6. The van der Waals surface area contributed by atoms with E-state index < -0.39 is 9.84 Å². The van der Waals surface area contributed by atoms with Crippen molar-refractivity contribution in [3.8, 4) is 5.19 Å². The number of ether oxygens (including phenoxy) is 1. The Morgan fingerprint density at radius 2 is 1.79 bits per heavy atom. The first-order chi connectivity index (χ1) is 15.7. The number of fused-ring (bicyclic) bond motifs is 1. The van der Waals surface area contributed by atoms with E-state index >= 15 is 0 Å². The van der Waals surface area contributed by atoms with Gasteiger partial charge in [0.25, 0.3) is 5.19 Å². The standard InChI is InChI=1S/C24H27ClN2O4S2/c1-16-5-6-17(2)23-22(16)26-24(32-23)31-19-11-13-27(14-12-19)21(28)4-3-15-33(29,30)20-9-7-18(25)8-10-20/h5-10,19H,3-4,11-15H2,1-2H3. The molecule has 1 saturated heterocycles. The van der Waals surface area contributed by atoms with Crippen molar-refractivity contribution in [3.63, 3.8) is 0 Å². The Bertz CT molecular complexity index is 1210. The Morgan fingerprint density at radius 3 is 2.45 bits per heavy atom. The van der Waals surface area contributed by atoms with E-state index in [0.717, 1.165) is 28.6 Å². The molecule has 0 saturated carbocycles. The van der Waals surface area contributed by atoms with Crippen LogP contribution < -0.4 is 4.74 Å². The average Bonchev–Trinajstić information content (AvgIpc) is 3.22. The summed E-state index contributed by atoms with van der Waals surface area (Å²) in [5.74, 6) is -0.0675. The molecule has 0 aliphatic carbocycles. The van der Waals surface area contributed by atoms with Crippen LogP contribution in [0.15, 0.2) is 41.3 Å². The van der Waals surface area contributed by atoms with Crippen LogP contribution in [0.2, 0.25) is 5.02 Å². The number of piperidine rings is 1. The van der Waals surface area contributed by atoms with E-state index in [1.54, 1.807) is 28.4 Å². The van der Waals surface area contributed by atoms with Crippen LogP contribution in [0.1, 0.15) is 36.8 Å². The first-order valence-corrected chi connectivity index (χ1v) is 13.9. The molecule has 176 valence electrons. The van der Waals surface area contributed by atoms with E-state index in [-0.39, 0.29) is 29.1 Å². The third-order valence-electron chi connectivity index (χ3n) is 5.96. The van der Waals surface area contributed by atoms with Gasteiger partial charge in [-0.1, -0.05) is 35.1 Å². The maximum absolute atomic E-state index is 12.6. The lowest BCUT2D eigenvalue weighted by atomic mass is 10.1. The molecule has 0 unspecified atom stereocenters. The summed E-state index contributed by atoms with van der Waals surface area (Å²) in [5, 5.41) is 1.17. The highest BCUT2D eigenvalue weighted by Crippen LogP contribution is 2.33. The van der Waals surface area contributed by atoms with Gasteiger partial charge in [0.15, 0.2) is 9.84 Å². The Kier molecular flexibility index (Phi) is 7.26. The topological polar surface area (TPSA) is 76.6 Å². The van der Waals surface area contributed by atoms with Gasteiger partial charge in [0.05, 0.1) is 20.9 Å². The highest BCUT2D eigenvalue weighted by atomic mass is 35.5. The molecule has 2 heterocycles. The third-order valence-corrected chi connectivity index (χ3v) is 9.11. The second kappa shape index (κ2) is 9.99. The smallest absolute Gasteiger partial charge is 0.274 e. The van der Waals surface area contributed by atoms with Crippen molar-refractivity contribution in [3.05, 3.63) is 52.5 Å². The van der Waals surface area contributed by atoms with Crippen LogP contribution in [0.4, 0.5) is 0 Å². The molecule has 9 heteroatoms. The number of benzene rings is 2. The average molecular weight is 507 g/mol. The largest absolute Gasteiger partial charge is 0.467 e. The van der Waals surface area contributed by atoms with E-state index in [4.69, 9.17) is 16.3 Å². The van der Waals surface area contributed by atoms with Crippen molar-refractivity contribution in [1.82, 2.24) is 9.88 Å². The molecule has 1 aliphatic rings. The number of hydrogen-bond donors (Lipinski definition) is 0. The van der Waals surface area contributed by atoms with E-state index in [9.17, 15) is 13.2 Å². The predicted octanol–water partition coefficient (Wildman–Crippen LogP) is 5.19. The number of nitrogens with zero attached hydrogens (tertiary/aromatic N) is 2. The zero-order chi connectivity index (χ0) is 23.6. The lowest BCUT2D eigenvalue weighted by Gasteiger charge is -2.31. The first kappa shape index (κ1) is 24.0. The molecule has 0 bridgehead atoms. The van der Waals surface area contributed by atoms with Gasteiger partial charge in [-0.15, -0.1) is 0 Å². The van der Waals surface area contributed by atoms with E-state index in [1.807, 2.05) is 0 Å². The van der Waals surface area contributed by atoms with Crippen molar-refractivity contribution >= 4 is 48.9 Å². The SMILES string of the molecule is Cc1ccc(C)c2sc(OC3CCN(C(=O)CCCS(=O)(=O)c4ccc(Cl)cc4)CC3)nc12. The minimum atomic E-state index is -3.42. The molecular weight excluding hydrogens is 480 g/mol. The Labute approximate surface area is 203 Å². The summed E-state index contributed by atoms with van der Waals surface area (Å²) in [7, 11) is -3.42. The molecule has 0 atom stereocenters. The molecule has 0 N–H and O–H groups in total. The molecule has 2 aromatic carbocycles. The molecule has 1 fully saturated rings. The van der Waals surface area contributed by atoms with Gasteiger partial charge in [-0.3, -0.25) is 4.79 Å². The van der Waals surface area contributed by atoms with Gasteiger partial charge in [-0.05, 0) is 55.7 Å². The number of carbonyl (C=O) groups excluding carboxylic acids is 1. The lowest BCUT2D eigenvalue weighted by Crippen LogP contribution is -2.41. The Morgan fingerprint density at radius 1 is 1.12 bits per heavy atom. The fraction of sp³-hybridized carbons (Fsp3) is 0.417. The molecule has 6 nitrogen and oxygen atoms in total. The summed E-state index contributed by atoms with van der Waals surface area (Å²) in [6.45, 7) is 5.34. The maximum Gasteiger partial charge on any atom is 0.274 e. The van der Waals surface area contributed by atoms with Gasteiger partial charge < -0.3 is 9.64 Å². The molecule has 0 spiro atoms. The molecule has 3 aromatic rings. The van der Waals surface area contributed by atoms with Crippen LogP contribution >= 0.6 is 22.9 Å². The molecule has 0 radical (unpaired) electrons. The zero-order valence-electron chi connectivity index (χ0n) is 18.7. The second-order valence-electron chi connectivity index (χ2n) is 8.43.